The van der Waals surface area contributed by atoms with Crippen molar-refractivity contribution in [3.63, 3.8) is 0 Å². The van der Waals surface area contributed by atoms with Gasteiger partial charge in [-0.2, -0.15) is 0 Å². The van der Waals surface area contributed by atoms with Crippen LogP contribution in [0.3, 0.4) is 0 Å². The van der Waals surface area contributed by atoms with E-state index < -0.39 is 29.5 Å². The van der Waals surface area contributed by atoms with Crippen molar-refractivity contribution < 1.29 is 29.1 Å². The van der Waals surface area contributed by atoms with Crippen molar-refractivity contribution in [1.29, 1.82) is 0 Å². The number of carbonyl (C=O) groups is 3. The van der Waals surface area contributed by atoms with Crippen LogP contribution in [0.1, 0.15) is 54.3 Å². The van der Waals surface area contributed by atoms with Gasteiger partial charge in [-0.15, -0.1) is 5.06 Å². The van der Waals surface area contributed by atoms with Crippen molar-refractivity contribution in [2.24, 2.45) is 0 Å². The highest BCUT2D eigenvalue weighted by molar-refractivity contribution is 6.20. The van der Waals surface area contributed by atoms with Crippen LogP contribution in [0.15, 0.2) is 24.3 Å². The van der Waals surface area contributed by atoms with E-state index >= 15 is 0 Å². The van der Waals surface area contributed by atoms with Crippen LogP contribution in [-0.2, 0) is 14.4 Å². The standard InChI is InChI=1S/C17H21NO6/c1-17(2,3)23-16(22)13(9-6-10-19)24-18-14(20)11-7-4-5-8-12(11)15(18)21/h4-5,7-8,13,19H,6,9-10H2,1-3H3/t13-/m1/s1. The maximum Gasteiger partial charge on any atom is 0.338 e. The summed E-state index contributed by atoms with van der Waals surface area (Å²) in [5.41, 5.74) is -0.278. The molecule has 2 rings (SSSR count). The zero-order valence-corrected chi connectivity index (χ0v) is 13.9. The number of aliphatic hydroxyl groups is 1. The van der Waals surface area contributed by atoms with E-state index in [4.69, 9.17) is 14.7 Å². The molecule has 1 aliphatic rings. The molecule has 1 aromatic carbocycles. The molecule has 0 unspecified atom stereocenters. The number of hydrogen-bond acceptors (Lipinski definition) is 6. The number of carbonyl (C=O) groups excluding carboxylic acids is 3. The van der Waals surface area contributed by atoms with Gasteiger partial charge in [-0.1, -0.05) is 12.1 Å². The molecule has 1 aliphatic heterocycles. The Bertz CT molecular complexity index is 614. The number of imide groups is 1. The van der Waals surface area contributed by atoms with Crippen molar-refractivity contribution in [3.05, 3.63) is 35.4 Å². The first-order valence-electron chi connectivity index (χ1n) is 7.73. The number of hydroxylamine groups is 2. The Morgan fingerprint density at radius 3 is 2.17 bits per heavy atom. The summed E-state index contributed by atoms with van der Waals surface area (Å²) in [5, 5.41) is 9.58. The summed E-state index contributed by atoms with van der Waals surface area (Å²) in [6.45, 7) is 4.97. The molecule has 0 aliphatic carbocycles. The number of aliphatic hydroxyl groups excluding tert-OH is 1. The molecule has 1 aromatic rings. The minimum atomic E-state index is -1.15. The Hall–Kier alpha value is -2.25. The van der Waals surface area contributed by atoms with Crippen LogP contribution in [0.25, 0.3) is 0 Å². The Kier molecular flexibility index (Phi) is 5.36. The van der Waals surface area contributed by atoms with Crippen LogP contribution in [0.4, 0.5) is 0 Å². The monoisotopic (exact) mass is 335 g/mol. The fourth-order valence-electron chi connectivity index (χ4n) is 2.25. The van der Waals surface area contributed by atoms with Gasteiger partial charge in [0.1, 0.15) is 5.60 Å². The number of rotatable bonds is 6. The molecule has 24 heavy (non-hydrogen) atoms. The maximum absolute atomic E-state index is 12.3. The molecule has 0 spiro atoms. The molecule has 1 N–H and O–H groups in total. The van der Waals surface area contributed by atoms with Gasteiger partial charge in [-0.05, 0) is 45.7 Å². The fourth-order valence-corrected chi connectivity index (χ4v) is 2.25. The normalized spacial score (nSPS) is 15.4. The largest absolute Gasteiger partial charge is 0.458 e. The Morgan fingerprint density at radius 1 is 1.17 bits per heavy atom. The third kappa shape index (κ3) is 3.98. The molecular formula is C17H21NO6. The van der Waals surface area contributed by atoms with Gasteiger partial charge in [0.25, 0.3) is 11.8 Å². The number of nitrogens with zero attached hydrogens (tertiary/aromatic N) is 1. The first-order chi connectivity index (χ1) is 11.2. The van der Waals surface area contributed by atoms with E-state index in [-0.39, 0.29) is 30.6 Å². The van der Waals surface area contributed by atoms with Gasteiger partial charge in [0.15, 0.2) is 6.10 Å². The first-order valence-corrected chi connectivity index (χ1v) is 7.73. The molecule has 2 amide bonds. The van der Waals surface area contributed by atoms with Crippen LogP contribution in [0, 0.1) is 0 Å². The second-order valence-electron chi connectivity index (χ2n) is 6.44. The van der Waals surface area contributed by atoms with E-state index in [1.54, 1.807) is 32.9 Å². The Balaban J connectivity index is 2.17. The molecule has 0 fully saturated rings. The summed E-state index contributed by atoms with van der Waals surface area (Å²) in [5.74, 6) is -1.92. The lowest BCUT2D eigenvalue weighted by Crippen LogP contribution is -2.41. The topological polar surface area (TPSA) is 93.1 Å². The van der Waals surface area contributed by atoms with Crippen LogP contribution >= 0.6 is 0 Å². The van der Waals surface area contributed by atoms with Crippen LogP contribution in [0.5, 0.6) is 0 Å². The summed E-state index contributed by atoms with van der Waals surface area (Å²) < 4.78 is 5.26. The van der Waals surface area contributed by atoms with E-state index in [1.165, 1.54) is 12.1 Å². The lowest BCUT2D eigenvalue weighted by atomic mass is 10.1. The second-order valence-corrected chi connectivity index (χ2v) is 6.44. The minimum Gasteiger partial charge on any atom is -0.458 e. The molecule has 0 saturated carbocycles. The summed E-state index contributed by atoms with van der Waals surface area (Å²) in [6, 6.07) is 6.33. The van der Waals surface area contributed by atoms with Gasteiger partial charge in [0.2, 0.25) is 0 Å². The van der Waals surface area contributed by atoms with E-state index in [0.29, 0.717) is 5.06 Å². The summed E-state index contributed by atoms with van der Waals surface area (Å²) in [4.78, 5) is 42.2. The number of esters is 1. The third-order valence-electron chi connectivity index (χ3n) is 3.28. The third-order valence-corrected chi connectivity index (χ3v) is 3.28. The fraction of sp³-hybridized carbons (Fsp3) is 0.471. The zero-order chi connectivity index (χ0) is 17.9. The highest BCUT2D eigenvalue weighted by Crippen LogP contribution is 2.24. The summed E-state index contributed by atoms with van der Waals surface area (Å²) in [6.07, 6.45) is -0.759. The van der Waals surface area contributed by atoms with Crippen molar-refractivity contribution in [2.45, 2.75) is 45.3 Å². The van der Waals surface area contributed by atoms with E-state index in [1.807, 2.05) is 0 Å². The van der Waals surface area contributed by atoms with Crippen LogP contribution in [-0.4, -0.2) is 46.3 Å². The molecule has 0 radical (unpaired) electrons. The lowest BCUT2D eigenvalue weighted by molar-refractivity contribution is -0.190. The van der Waals surface area contributed by atoms with Gasteiger partial charge < -0.3 is 9.84 Å². The highest BCUT2D eigenvalue weighted by atomic mass is 16.7. The van der Waals surface area contributed by atoms with E-state index in [9.17, 15) is 14.4 Å². The average molecular weight is 335 g/mol. The Labute approximate surface area is 140 Å². The SMILES string of the molecule is CC(C)(C)OC(=O)[C@@H](CCCO)ON1C(=O)c2ccccc2C1=O. The van der Waals surface area contributed by atoms with Crippen molar-refractivity contribution >= 4 is 17.8 Å². The van der Waals surface area contributed by atoms with Crippen molar-refractivity contribution in [1.82, 2.24) is 5.06 Å². The molecule has 1 heterocycles. The molecule has 1 atom stereocenters. The molecule has 0 bridgehead atoms. The van der Waals surface area contributed by atoms with E-state index in [0.717, 1.165) is 0 Å². The van der Waals surface area contributed by atoms with Crippen LogP contribution < -0.4 is 0 Å². The number of fused-ring (bicyclic) bond motifs is 1. The average Bonchev–Trinajstić information content (AvgIpc) is 2.74. The first kappa shape index (κ1) is 18.1. The Morgan fingerprint density at radius 2 is 1.71 bits per heavy atom. The van der Waals surface area contributed by atoms with Gasteiger partial charge >= 0.3 is 5.97 Å². The molecular weight excluding hydrogens is 314 g/mol. The summed E-state index contributed by atoms with van der Waals surface area (Å²) in [7, 11) is 0. The minimum absolute atomic E-state index is 0.124. The molecule has 0 saturated heterocycles. The van der Waals surface area contributed by atoms with Gasteiger partial charge in [0, 0.05) is 6.61 Å². The maximum atomic E-state index is 12.3. The highest BCUT2D eigenvalue weighted by Gasteiger charge is 2.40. The second kappa shape index (κ2) is 7.11. The number of amides is 2. The lowest BCUT2D eigenvalue weighted by Gasteiger charge is -2.25. The van der Waals surface area contributed by atoms with Crippen molar-refractivity contribution in [2.75, 3.05) is 6.61 Å². The van der Waals surface area contributed by atoms with Gasteiger partial charge in [-0.3, -0.25) is 9.59 Å². The van der Waals surface area contributed by atoms with Gasteiger partial charge in [0.05, 0.1) is 11.1 Å². The van der Waals surface area contributed by atoms with E-state index in [2.05, 4.69) is 0 Å². The zero-order valence-electron chi connectivity index (χ0n) is 13.9. The number of benzene rings is 1. The molecule has 130 valence electrons. The van der Waals surface area contributed by atoms with Crippen molar-refractivity contribution in [3.8, 4) is 0 Å². The number of hydrogen-bond donors (Lipinski definition) is 1. The number of ether oxygens (including phenoxy) is 1. The van der Waals surface area contributed by atoms with Gasteiger partial charge in [-0.25, -0.2) is 9.63 Å². The molecule has 7 heteroatoms. The predicted octanol–water partition coefficient (Wildman–Crippen LogP) is 1.70. The molecule has 7 nitrogen and oxygen atoms in total. The smallest absolute Gasteiger partial charge is 0.338 e. The quantitative estimate of drug-likeness (QED) is 0.628. The molecule has 0 aromatic heterocycles. The van der Waals surface area contributed by atoms with Crippen LogP contribution in [0.2, 0.25) is 0 Å². The summed E-state index contributed by atoms with van der Waals surface area (Å²) >= 11 is 0. The predicted molar refractivity (Wildman–Crippen MR) is 84.0 cm³/mol.